The third-order valence-electron chi connectivity index (χ3n) is 2.03. The molecule has 0 fully saturated rings. The van der Waals surface area contributed by atoms with Gasteiger partial charge in [0.2, 0.25) is 0 Å². The van der Waals surface area contributed by atoms with E-state index in [1.165, 1.54) is 17.9 Å². The summed E-state index contributed by atoms with van der Waals surface area (Å²) in [5.41, 5.74) is 0.0119. The second-order valence-corrected chi connectivity index (χ2v) is 9.32. The molecule has 18 heavy (non-hydrogen) atoms. The Morgan fingerprint density at radius 2 is 1.72 bits per heavy atom. The Labute approximate surface area is 105 Å². The SMILES string of the molecule is C[Si](C)(C)O.Cn1c(=O)c2[nH]cnc2n(C)c1=O. The zero-order chi connectivity index (χ0) is 14.1. The molecule has 0 aromatic carbocycles. The zero-order valence-electron chi connectivity index (χ0n) is 11.2. The number of rotatable bonds is 0. The zero-order valence-corrected chi connectivity index (χ0v) is 12.2. The summed E-state index contributed by atoms with van der Waals surface area (Å²) >= 11 is 0. The van der Waals surface area contributed by atoms with Crippen LogP contribution in [0.1, 0.15) is 0 Å². The van der Waals surface area contributed by atoms with E-state index in [1.54, 1.807) is 7.05 Å². The third-order valence-corrected chi connectivity index (χ3v) is 2.03. The Balaban J connectivity index is 0.000000280. The van der Waals surface area contributed by atoms with Crippen LogP contribution in [0.25, 0.3) is 11.2 Å². The van der Waals surface area contributed by atoms with Crippen molar-refractivity contribution in [3.63, 3.8) is 0 Å². The molecule has 0 bridgehead atoms. The van der Waals surface area contributed by atoms with E-state index >= 15 is 0 Å². The van der Waals surface area contributed by atoms with Crippen LogP contribution in [0.2, 0.25) is 19.6 Å². The highest BCUT2D eigenvalue weighted by molar-refractivity contribution is 6.68. The van der Waals surface area contributed by atoms with Crippen LogP contribution in [0.4, 0.5) is 0 Å². The van der Waals surface area contributed by atoms with E-state index < -0.39 is 8.32 Å². The number of imidazole rings is 1. The van der Waals surface area contributed by atoms with E-state index in [0.29, 0.717) is 11.2 Å². The van der Waals surface area contributed by atoms with Gasteiger partial charge in [-0.15, -0.1) is 0 Å². The lowest BCUT2D eigenvalue weighted by Crippen LogP contribution is -2.36. The van der Waals surface area contributed by atoms with Gasteiger partial charge in [0.15, 0.2) is 14.0 Å². The van der Waals surface area contributed by atoms with Crippen molar-refractivity contribution < 1.29 is 4.80 Å². The molecule has 0 aliphatic heterocycles. The van der Waals surface area contributed by atoms with Crippen molar-refractivity contribution in [1.82, 2.24) is 19.1 Å². The van der Waals surface area contributed by atoms with E-state index in [1.807, 2.05) is 19.6 Å². The lowest BCUT2D eigenvalue weighted by atomic mass is 10.5. The predicted molar refractivity (Wildman–Crippen MR) is 72.1 cm³/mol. The molecule has 2 rings (SSSR count). The molecule has 2 N–H and O–H groups in total. The van der Waals surface area contributed by atoms with Gasteiger partial charge in [-0.25, -0.2) is 9.78 Å². The minimum Gasteiger partial charge on any atom is -0.433 e. The number of hydrogen-bond donors (Lipinski definition) is 2. The maximum Gasteiger partial charge on any atom is 0.332 e. The van der Waals surface area contributed by atoms with Gasteiger partial charge < -0.3 is 9.78 Å². The summed E-state index contributed by atoms with van der Waals surface area (Å²) in [6.07, 6.45) is 1.39. The summed E-state index contributed by atoms with van der Waals surface area (Å²) in [6, 6.07) is 0. The topological polar surface area (TPSA) is 92.9 Å². The summed E-state index contributed by atoms with van der Waals surface area (Å²) in [7, 11) is 1.40. The average Bonchev–Trinajstić information content (AvgIpc) is 2.70. The Hall–Kier alpha value is -1.67. The Bertz CT molecular complexity index is 656. The molecule has 0 unspecified atom stereocenters. The Morgan fingerprint density at radius 1 is 1.22 bits per heavy atom. The van der Waals surface area contributed by atoms with E-state index in [0.717, 1.165) is 4.57 Å². The van der Waals surface area contributed by atoms with Crippen LogP contribution in [0, 0.1) is 0 Å². The molecule has 2 aromatic rings. The van der Waals surface area contributed by atoms with Gasteiger partial charge >= 0.3 is 5.69 Å². The molecule has 8 heteroatoms. The summed E-state index contributed by atoms with van der Waals surface area (Å²) in [5.74, 6) is 0. The van der Waals surface area contributed by atoms with Gasteiger partial charge in [-0.1, -0.05) is 0 Å². The molecule has 0 spiro atoms. The van der Waals surface area contributed by atoms with E-state index in [-0.39, 0.29) is 11.2 Å². The van der Waals surface area contributed by atoms with Gasteiger partial charge in [-0.3, -0.25) is 13.9 Å². The Morgan fingerprint density at radius 3 is 2.22 bits per heavy atom. The highest BCUT2D eigenvalue weighted by Crippen LogP contribution is 1.97. The van der Waals surface area contributed by atoms with Crippen LogP contribution in [-0.4, -0.2) is 32.2 Å². The molecule has 0 amide bonds. The standard InChI is InChI=1S/C7H8N4O2.C3H10OSi/c1-10-5-4(8-3-9-5)6(12)11(2)7(10)13;1-5(2,3)4/h3H,1-2H3,(H,8,9);4H,1-3H3. The minimum atomic E-state index is -1.61. The maximum atomic E-state index is 11.4. The number of fused-ring (bicyclic) bond motifs is 1. The fraction of sp³-hybridized carbons (Fsp3) is 0.500. The summed E-state index contributed by atoms with van der Waals surface area (Å²) in [6.45, 7) is 5.65. The molecular formula is C10H18N4O3Si. The summed E-state index contributed by atoms with van der Waals surface area (Å²) in [4.78, 5) is 38.0. The van der Waals surface area contributed by atoms with Crippen LogP contribution in [0.3, 0.4) is 0 Å². The molecule has 2 heterocycles. The molecule has 0 aliphatic carbocycles. The Kier molecular flexibility index (Phi) is 3.92. The second-order valence-electron chi connectivity index (χ2n) is 4.98. The number of H-pyrrole nitrogens is 1. The molecule has 0 aliphatic rings. The first-order valence-corrected chi connectivity index (χ1v) is 8.89. The van der Waals surface area contributed by atoms with E-state index in [4.69, 9.17) is 4.80 Å². The number of aryl methyl sites for hydroxylation is 1. The van der Waals surface area contributed by atoms with Crippen molar-refractivity contribution in [3.05, 3.63) is 27.2 Å². The van der Waals surface area contributed by atoms with E-state index in [9.17, 15) is 9.59 Å². The van der Waals surface area contributed by atoms with Crippen molar-refractivity contribution in [2.75, 3.05) is 0 Å². The molecule has 0 saturated heterocycles. The number of nitrogens with one attached hydrogen (secondary N) is 1. The van der Waals surface area contributed by atoms with Crippen LogP contribution < -0.4 is 11.2 Å². The van der Waals surface area contributed by atoms with Crippen molar-refractivity contribution >= 4 is 19.5 Å². The lowest BCUT2D eigenvalue weighted by molar-refractivity contribution is 0.561. The first-order chi connectivity index (χ1) is 8.13. The fourth-order valence-corrected chi connectivity index (χ4v) is 1.27. The van der Waals surface area contributed by atoms with Crippen LogP contribution >= 0.6 is 0 Å². The number of nitrogens with zero attached hydrogens (tertiary/aromatic N) is 3. The number of aromatic amines is 1. The molecule has 0 atom stereocenters. The molecule has 0 saturated carbocycles. The predicted octanol–water partition coefficient (Wildman–Crippen LogP) is -0.226. The van der Waals surface area contributed by atoms with Crippen molar-refractivity contribution in [3.8, 4) is 0 Å². The first-order valence-electron chi connectivity index (χ1n) is 5.44. The monoisotopic (exact) mass is 270 g/mol. The van der Waals surface area contributed by atoms with Gasteiger partial charge in [0.05, 0.1) is 6.33 Å². The maximum absolute atomic E-state index is 11.4. The van der Waals surface area contributed by atoms with Crippen LogP contribution in [0.15, 0.2) is 15.9 Å². The summed E-state index contributed by atoms with van der Waals surface area (Å²) in [5, 5.41) is 0. The van der Waals surface area contributed by atoms with Crippen molar-refractivity contribution in [2.45, 2.75) is 19.6 Å². The largest absolute Gasteiger partial charge is 0.433 e. The molecule has 7 nitrogen and oxygen atoms in total. The van der Waals surface area contributed by atoms with Gasteiger partial charge in [0, 0.05) is 14.1 Å². The molecule has 2 aromatic heterocycles. The highest BCUT2D eigenvalue weighted by atomic mass is 28.4. The highest BCUT2D eigenvalue weighted by Gasteiger charge is 2.08. The number of aromatic nitrogens is 4. The minimum absolute atomic E-state index is 0.351. The van der Waals surface area contributed by atoms with Crippen LogP contribution in [0.5, 0.6) is 0 Å². The van der Waals surface area contributed by atoms with Crippen LogP contribution in [-0.2, 0) is 14.1 Å². The lowest BCUT2D eigenvalue weighted by Gasteiger charge is -2.00. The van der Waals surface area contributed by atoms with Crippen molar-refractivity contribution in [1.29, 1.82) is 0 Å². The van der Waals surface area contributed by atoms with Gasteiger partial charge in [0.25, 0.3) is 5.56 Å². The normalized spacial score (nSPS) is 11.2. The smallest absolute Gasteiger partial charge is 0.332 e. The number of hydrogen-bond acceptors (Lipinski definition) is 4. The fourth-order valence-electron chi connectivity index (χ4n) is 1.27. The summed E-state index contributed by atoms with van der Waals surface area (Å²) < 4.78 is 2.37. The van der Waals surface area contributed by atoms with Gasteiger partial charge in [-0.05, 0) is 19.6 Å². The van der Waals surface area contributed by atoms with Gasteiger partial charge in [-0.2, -0.15) is 0 Å². The second kappa shape index (κ2) is 4.90. The molecular weight excluding hydrogens is 252 g/mol. The average molecular weight is 270 g/mol. The quantitative estimate of drug-likeness (QED) is 0.647. The van der Waals surface area contributed by atoms with E-state index in [2.05, 4.69) is 9.97 Å². The van der Waals surface area contributed by atoms with Gasteiger partial charge in [0.1, 0.15) is 5.52 Å². The first kappa shape index (κ1) is 14.4. The molecule has 100 valence electrons. The third kappa shape index (κ3) is 3.17. The van der Waals surface area contributed by atoms with Crippen molar-refractivity contribution in [2.24, 2.45) is 14.1 Å². The molecule has 0 radical (unpaired) electrons.